The van der Waals surface area contributed by atoms with E-state index in [1.807, 2.05) is 20.8 Å². The van der Waals surface area contributed by atoms with Crippen molar-refractivity contribution in [2.24, 2.45) is 0 Å². The van der Waals surface area contributed by atoms with Crippen LogP contribution in [-0.2, 0) is 0 Å². The van der Waals surface area contributed by atoms with Gasteiger partial charge in [-0.2, -0.15) is 0 Å². The molecule has 0 radical (unpaired) electrons. The predicted octanol–water partition coefficient (Wildman–Crippen LogP) is 3.49. The molecule has 1 aliphatic rings. The third-order valence-electron chi connectivity index (χ3n) is 2.90. The summed E-state index contributed by atoms with van der Waals surface area (Å²) in [7, 11) is 1.50. The average Bonchev–Trinajstić information content (AvgIpc) is 2.31. The first-order valence-electron chi connectivity index (χ1n) is 6.15. The van der Waals surface area contributed by atoms with E-state index < -0.39 is 5.60 Å². The van der Waals surface area contributed by atoms with E-state index in [0.29, 0.717) is 40.9 Å². The molecule has 0 saturated carbocycles. The predicted molar refractivity (Wildman–Crippen MR) is 72.8 cm³/mol. The largest absolute Gasteiger partial charge is 0.490 e. The maximum atomic E-state index is 12.2. The van der Waals surface area contributed by atoms with Crippen molar-refractivity contribution in [2.75, 3.05) is 13.7 Å². The first-order valence-corrected chi connectivity index (χ1v) is 6.53. The average molecular weight is 285 g/mol. The molecule has 2 rings (SSSR count). The lowest BCUT2D eigenvalue weighted by Crippen LogP contribution is -2.36. The Kier molecular flexibility index (Phi) is 3.63. The number of benzene rings is 1. The Labute approximate surface area is 117 Å². The lowest BCUT2D eigenvalue weighted by Gasteiger charge is -2.33. The maximum Gasteiger partial charge on any atom is 0.205 e. The number of carbonyl (C=O) groups excluding carboxylic acids is 1. The summed E-state index contributed by atoms with van der Waals surface area (Å²) in [6.45, 7) is 6.03. The molecule has 4 nitrogen and oxygen atoms in total. The van der Waals surface area contributed by atoms with Crippen molar-refractivity contribution in [3.05, 3.63) is 16.7 Å². The second-order valence-corrected chi connectivity index (χ2v) is 5.40. The van der Waals surface area contributed by atoms with Gasteiger partial charge in [0.15, 0.2) is 17.3 Å². The summed E-state index contributed by atoms with van der Waals surface area (Å²) >= 11 is 6.15. The molecule has 0 N–H and O–H groups in total. The van der Waals surface area contributed by atoms with Gasteiger partial charge in [0, 0.05) is 0 Å². The van der Waals surface area contributed by atoms with Crippen LogP contribution in [0.4, 0.5) is 0 Å². The Morgan fingerprint density at radius 1 is 1.42 bits per heavy atom. The summed E-state index contributed by atoms with van der Waals surface area (Å²) in [5, 5.41) is 0.356. The van der Waals surface area contributed by atoms with Crippen LogP contribution in [0.1, 0.15) is 37.6 Å². The summed E-state index contributed by atoms with van der Waals surface area (Å²) in [5.74, 6) is 1.20. The quantitative estimate of drug-likeness (QED) is 0.852. The van der Waals surface area contributed by atoms with E-state index in [0.717, 1.165) is 0 Å². The van der Waals surface area contributed by atoms with E-state index in [9.17, 15) is 4.79 Å². The van der Waals surface area contributed by atoms with E-state index in [1.54, 1.807) is 6.07 Å². The van der Waals surface area contributed by atoms with Crippen molar-refractivity contribution >= 4 is 17.4 Å². The molecule has 5 heteroatoms. The second kappa shape index (κ2) is 4.93. The number of hydrogen-bond donors (Lipinski definition) is 0. The van der Waals surface area contributed by atoms with E-state index in [2.05, 4.69) is 0 Å². The van der Waals surface area contributed by atoms with Crippen LogP contribution < -0.4 is 14.2 Å². The van der Waals surface area contributed by atoms with Crippen molar-refractivity contribution in [3.8, 4) is 17.2 Å². The molecule has 0 amide bonds. The van der Waals surface area contributed by atoms with Crippen LogP contribution >= 0.6 is 11.6 Å². The van der Waals surface area contributed by atoms with Crippen molar-refractivity contribution in [2.45, 2.75) is 32.8 Å². The summed E-state index contributed by atoms with van der Waals surface area (Å²) in [6.07, 6.45) is 0.313. The van der Waals surface area contributed by atoms with Crippen LogP contribution in [-0.4, -0.2) is 25.1 Å². The van der Waals surface area contributed by atoms with Crippen molar-refractivity contribution in [3.63, 3.8) is 0 Å². The van der Waals surface area contributed by atoms with Gasteiger partial charge in [0.25, 0.3) is 0 Å². The Balaban J connectivity index is 2.64. The van der Waals surface area contributed by atoms with Crippen LogP contribution in [0.3, 0.4) is 0 Å². The Morgan fingerprint density at radius 2 is 2.11 bits per heavy atom. The number of rotatable bonds is 3. The Bertz CT molecular complexity index is 523. The van der Waals surface area contributed by atoms with E-state index in [4.69, 9.17) is 25.8 Å². The van der Waals surface area contributed by atoms with Gasteiger partial charge >= 0.3 is 0 Å². The number of Topliss-reactive ketones (excluding diaryl/α,β-unsaturated/α-hetero) is 1. The van der Waals surface area contributed by atoms with Gasteiger partial charge in [0.1, 0.15) is 5.60 Å². The zero-order valence-corrected chi connectivity index (χ0v) is 12.3. The molecule has 0 saturated heterocycles. The maximum absolute atomic E-state index is 12.2. The van der Waals surface area contributed by atoms with E-state index >= 15 is 0 Å². The zero-order chi connectivity index (χ0) is 14.2. The highest BCUT2D eigenvalue weighted by atomic mass is 35.5. The smallest absolute Gasteiger partial charge is 0.205 e. The minimum atomic E-state index is -0.561. The number of hydrogen-bond acceptors (Lipinski definition) is 4. The minimum absolute atomic E-state index is 0.00509. The molecular weight excluding hydrogens is 268 g/mol. The third kappa shape index (κ3) is 2.50. The normalized spacial score (nSPS) is 16.6. The number of fused-ring (bicyclic) bond motifs is 1. The van der Waals surface area contributed by atoms with Gasteiger partial charge in [0.2, 0.25) is 5.75 Å². The fraction of sp³-hybridized carbons (Fsp3) is 0.500. The molecule has 0 unspecified atom stereocenters. The Morgan fingerprint density at radius 3 is 2.68 bits per heavy atom. The molecule has 104 valence electrons. The molecular formula is C14H17ClO4. The van der Waals surface area contributed by atoms with Gasteiger partial charge in [-0.15, -0.1) is 0 Å². The van der Waals surface area contributed by atoms with Crippen molar-refractivity contribution < 1.29 is 19.0 Å². The summed E-state index contributed by atoms with van der Waals surface area (Å²) in [6, 6.07) is 1.59. The Hall–Kier alpha value is -1.42. The van der Waals surface area contributed by atoms with Gasteiger partial charge in [-0.05, 0) is 26.8 Å². The number of methoxy groups -OCH3 is 1. The molecule has 0 fully saturated rings. The highest BCUT2D eigenvalue weighted by Gasteiger charge is 2.36. The van der Waals surface area contributed by atoms with Crippen LogP contribution in [0.5, 0.6) is 17.2 Å². The summed E-state index contributed by atoms with van der Waals surface area (Å²) < 4.78 is 16.7. The molecule has 0 bridgehead atoms. The topological polar surface area (TPSA) is 44.8 Å². The molecule has 1 heterocycles. The van der Waals surface area contributed by atoms with Gasteiger partial charge in [0.05, 0.1) is 30.7 Å². The van der Waals surface area contributed by atoms with Crippen LogP contribution in [0.15, 0.2) is 6.07 Å². The van der Waals surface area contributed by atoms with Gasteiger partial charge in [-0.25, -0.2) is 0 Å². The van der Waals surface area contributed by atoms with Gasteiger partial charge < -0.3 is 14.2 Å². The highest BCUT2D eigenvalue weighted by molar-refractivity contribution is 6.33. The van der Waals surface area contributed by atoms with Crippen LogP contribution in [0, 0.1) is 0 Å². The monoisotopic (exact) mass is 284 g/mol. The molecule has 0 atom stereocenters. The fourth-order valence-corrected chi connectivity index (χ4v) is 2.41. The second-order valence-electron chi connectivity index (χ2n) is 4.99. The molecule has 1 aliphatic heterocycles. The number of carbonyl (C=O) groups is 1. The lowest BCUT2D eigenvalue weighted by molar-refractivity contribution is 0.0598. The van der Waals surface area contributed by atoms with E-state index in [1.165, 1.54) is 7.11 Å². The SMILES string of the molecule is CCOc1c(Cl)cc2c(c1OC)OC(C)(C)CC2=O. The van der Waals surface area contributed by atoms with Gasteiger partial charge in [-0.1, -0.05) is 11.6 Å². The van der Waals surface area contributed by atoms with Crippen LogP contribution in [0.2, 0.25) is 5.02 Å². The minimum Gasteiger partial charge on any atom is -0.490 e. The summed E-state index contributed by atoms with van der Waals surface area (Å²) in [5.41, 5.74) is -0.112. The zero-order valence-electron chi connectivity index (χ0n) is 11.5. The number of ether oxygens (including phenoxy) is 3. The molecule has 0 aromatic heterocycles. The van der Waals surface area contributed by atoms with Crippen molar-refractivity contribution in [1.29, 1.82) is 0 Å². The number of halogens is 1. The van der Waals surface area contributed by atoms with Crippen LogP contribution in [0.25, 0.3) is 0 Å². The first kappa shape index (κ1) is 14.0. The highest BCUT2D eigenvalue weighted by Crippen LogP contribution is 2.49. The first-order chi connectivity index (χ1) is 8.89. The summed E-state index contributed by atoms with van der Waals surface area (Å²) in [4.78, 5) is 12.2. The van der Waals surface area contributed by atoms with E-state index in [-0.39, 0.29) is 5.78 Å². The molecule has 0 aliphatic carbocycles. The van der Waals surface area contributed by atoms with Gasteiger partial charge in [-0.3, -0.25) is 4.79 Å². The standard InChI is InChI=1S/C14H17ClO4/c1-5-18-12-9(15)6-8-10(16)7-14(2,3)19-11(8)13(12)17-4/h6H,5,7H2,1-4H3. The van der Waals surface area contributed by atoms with Crippen molar-refractivity contribution in [1.82, 2.24) is 0 Å². The molecule has 1 aromatic rings. The molecule has 19 heavy (non-hydrogen) atoms. The third-order valence-corrected chi connectivity index (χ3v) is 3.18. The lowest BCUT2D eigenvalue weighted by atomic mass is 9.92. The molecule has 1 aromatic carbocycles. The number of ketones is 1. The molecule has 0 spiro atoms. The fourth-order valence-electron chi connectivity index (χ4n) is 2.16.